The van der Waals surface area contributed by atoms with Crippen LogP contribution in [0.25, 0.3) is 0 Å². The van der Waals surface area contributed by atoms with Crippen LogP contribution >= 0.6 is 11.3 Å². The summed E-state index contributed by atoms with van der Waals surface area (Å²) in [6.07, 6.45) is 0.658. The lowest BCUT2D eigenvalue weighted by atomic mass is 10.2. The van der Waals surface area contributed by atoms with Crippen LogP contribution < -0.4 is 20.7 Å². The Morgan fingerprint density at radius 2 is 2.11 bits per heavy atom. The number of thiazole rings is 1. The van der Waals surface area contributed by atoms with Gasteiger partial charge in [-0.3, -0.25) is 5.32 Å². The van der Waals surface area contributed by atoms with Crippen molar-refractivity contribution in [2.45, 2.75) is 32.9 Å². The highest BCUT2D eigenvalue weighted by molar-refractivity contribution is 7.15. The monoisotopic (exact) mass is 389 g/mol. The maximum absolute atomic E-state index is 12.6. The van der Waals surface area contributed by atoms with E-state index in [4.69, 9.17) is 4.74 Å². The molecule has 0 saturated heterocycles. The van der Waals surface area contributed by atoms with E-state index in [-0.39, 0.29) is 18.1 Å². The average Bonchev–Trinajstić information content (AvgIpc) is 3.02. The number of methoxy groups -OCH3 is 1. The van der Waals surface area contributed by atoms with Crippen LogP contribution in [0.3, 0.4) is 0 Å². The van der Waals surface area contributed by atoms with Gasteiger partial charge in [-0.05, 0) is 26.0 Å². The maximum atomic E-state index is 12.6. The molecule has 3 N–H and O–H groups in total. The van der Waals surface area contributed by atoms with Gasteiger partial charge < -0.3 is 20.3 Å². The highest BCUT2D eigenvalue weighted by Crippen LogP contribution is 2.28. The van der Waals surface area contributed by atoms with Gasteiger partial charge in [-0.1, -0.05) is 17.4 Å². The van der Waals surface area contributed by atoms with Gasteiger partial charge in [0.2, 0.25) is 0 Å². The lowest BCUT2D eigenvalue weighted by Crippen LogP contribution is -2.38. The first-order valence-corrected chi connectivity index (χ1v) is 9.52. The van der Waals surface area contributed by atoms with Crippen molar-refractivity contribution in [1.82, 2.24) is 15.2 Å². The van der Waals surface area contributed by atoms with E-state index in [9.17, 15) is 9.59 Å². The molecule has 0 spiro atoms. The van der Waals surface area contributed by atoms with Crippen molar-refractivity contribution in [3.8, 4) is 5.75 Å². The molecule has 2 heterocycles. The van der Waals surface area contributed by atoms with Gasteiger partial charge in [0.15, 0.2) is 5.13 Å². The number of nitrogens with zero attached hydrogens (tertiary/aromatic N) is 2. The van der Waals surface area contributed by atoms with Crippen molar-refractivity contribution in [2.75, 3.05) is 24.3 Å². The van der Waals surface area contributed by atoms with Crippen molar-refractivity contribution in [2.24, 2.45) is 0 Å². The number of aromatic nitrogens is 1. The molecule has 4 amide bonds. The Kier molecular flexibility index (Phi) is 5.80. The quantitative estimate of drug-likeness (QED) is 0.748. The molecule has 0 atom stereocenters. The Morgan fingerprint density at radius 3 is 2.85 bits per heavy atom. The first kappa shape index (κ1) is 19.0. The van der Waals surface area contributed by atoms with Crippen LogP contribution in [0.2, 0.25) is 0 Å². The van der Waals surface area contributed by atoms with E-state index in [0.717, 1.165) is 10.6 Å². The van der Waals surface area contributed by atoms with E-state index in [0.29, 0.717) is 36.1 Å². The summed E-state index contributed by atoms with van der Waals surface area (Å²) in [4.78, 5) is 31.6. The third kappa shape index (κ3) is 4.88. The minimum absolute atomic E-state index is 0.0513. The third-order valence-corrected chi connectivity index (χ3v) is 4.98. The van der Waals surface area contributed by atoms with E-state index in [2.05, 4.69) is 20.9 Å². The first-order valence-electron chi connectivity index (χ1n) is 8.70. The number of anilines is 2. The number of benzene rings is 1. The van der Waals surface area contributed by atoms with Crippen molar-refractivity contribution >= 4 is 34.2 Å². The maximum Gasteiger partial charge on any atom is 0.322 e. The zero-order chi connectivity index (χ0) is 19.4. The van der Waals surface area contributed by atoms with Crippen LogP contribution in [0.15, 0.2) is 24.3 Å². The molecule has 3 rings (SSSR count). The van der Waals surface area contributed by atoms with Crippen LogP contribution in [-0.4, -0.2) is 41.6 Å². The molecule has 1 aliphatic heterocycles. The molecule has 0 saturated carbocycles. The van der Waals surface area contributed by atoms with Crippen LogP contribution in [0.1, 0.15) is 24.4 Å². The molecule has 0 aliphatic carbocycles. The fraction of sp³-hybridized carbons (Fsp3) is 0.389. The smallest absolute Gasteiger partial charge is 0.322 e. The summed E-state index contributed by atoms with van der Waals surface area (Å²) in [5.41, 5.74) is 1.62. The molecule has 9 heteroatoms. The molecule has 0 bridgehead atoms. The SMILES string of the molecule is COc1cccc(NC(=O)N2CCc3nc(NC(=O)NC(C)C)sc3C2)c1. The van der Waals surface area contributed by atoms with E-state index >= 15 is 0 Å². The van der Waals surface area contributed by atoms with E-state index in [1.807, 2.05) is 32.0 Å². The lowest BCUT2D eigenvalue weighted by molar-refractivity contribution is 0.207. The Labute approximate surface area is 161 Å². The second-order valence-electron chi connectivity index (χ2n) is 6.48. The zero-order valence-electron chi connectivity index (χ0n) is 15.5. The molecule has 0 unspecified atom stereocenters. The standard InChI is InChI=1S/C18H23N5O3S/c1-11(2)19-16(24)22-17-21-14-7-8-23(10-15(14)27-17)18(25)20-12-5-4-6-13(9-12)26-3/h4-6,9,11H,7-8,10H2,1-3H3,(H,20,25)(H2,19,21,22,24). The van der Waals surface area contributed by atoms with Gasteiger partial charge in [-0.15, -0.1) is 0 Å². The molecule has 1 aromatic carbocycles. The summed E-state index contributed by atoms with van der Waals surface area (Å²) in [5.74, 6) is 0.687. The Bertz CT molecular complexity index is 836. The fourth-order valence-electron chi connectivity index (χ4n) is 2.72. The number of fused-ring (bicyclic) bond motifs is 1. The van der Waals surface area contributed by atoms with Gasteiger partial charge in [-0.2, -0.15) is 0 Å². The number of urea groups is 2. The zero-order valence-corrected chi connectivity index (χ0v) is 16.4. The van der Waals surface area contributed by atoms with Gasteiger partial charge >= 0.3 is 12.1 Å². The van der Waals surface area contributed by atoms with Crippen LogP contribution in [0.4, 0.5) is 20.4 Å². The normalized spacial score (nSPS) is 13.1. The number of nitrogens with one attached hydrogen (secondary N) is 3. The Hall–Kier alpha value is -2.81. The van der Waals surface area contributed by atoms with E-state index < -0.39 is 0 Å². The number of carbonyl (C=O) groups excluding carboxylic acids is 2. The Morgan fingerprint density at radius 1 is 1.30 bits per heavy atom. The first-order chi connectivity index (χ1) is 12.9. The molecular weight excluding hydrogens is 366 g/mol. The van der Waals surface area contributed by atoms with Crippen LogP contribution in [-0.2, 0) is 13.0 Å². The minimum Gasteiger partial charge on any atom is -0.497 e. The summed E-state index contributed by atoms with van der Waals surface area (Å²) in [6.45, 7) is 4.83. The third-order valence-electron chi connectivity index (χ3n) is 3.98. The molecule has 27 heavy (non-hydrogen) atoms. The van der Waals surface area contributed by atoms with Gasteiger partial charge in [0, 0.05) is 35.6 Å². The van der Waals surface area contributed by atoms with Gasteiger partial charge in [0.1, 0.15) is 5.75 Å². The average molecular weight is 389 g/mol. The number of amides is 4. The van der Waals surface area contributed by atoms with Crippen molar-refractivity contribution in [1.29, 1.82) is 0 Å². The largest absolute Gasteiger partial charge is 0.497 e. The Balaban J connectivity index is 1.62. The van der Waals surface area contributed by atoms with Crippen molar-refractivity contribution < 1.29 is 14.3 Å². The molecule has 8 nitrogen and oxygen atoms in total. The predicted molar refractivity (Wildman–Crippen MR) is 106 cm³/mol. The number of hydrogen-bond donors (Lipinski definition) is 3. The topological polar surface area (TPSA) is 95.6 Å². The van der Waals surface area contributed by atoms with Crippen LogP contribution in [0.5, 0.6) is 5.75 Å². The number of hydrogen-bond acceptors (Lipinski definition) is 5. The van der Waals surface area contributed by atoms with E-state index in [1.165, 1.54) is 11.3 Å². The minimum atomic E-state index is -0.274. The summed E-state index contributed by atoms with van der Waals surface area (Å²) >= 11 is 1.40. The van der Waals surface area contributed by atoms with Crippen LogP contribution in [0, 0.1) is 0 Å². The number of carbonyl (C=O) groups is 2. The number of rotatable bonds is 4. The van der Waals surface area contributed by atoms with Crippen molar-refractivity contribution in [3.63, 3.8) is 0 Å². The van der Waals surface area contributed by atoms with Gasteiger partial charge in [0.05, 0.1) is 19.3 Å². The summed E-state index contributed by atoms with van der Waals surface area (Å²) in [6, 6.07) is 6.84. The molecule has 1 aliphatic rings. The highest BCUT2D eigenvalue weighted by Gasteiger charge is 2.24. The van der Waals surface area contributed by atoms with E-state index in [1.54, 1.807) is 18.1 Å². The van der Waals surface area contributed by atoms with Crippen molar-refractivity contribution in [3.05, 3.63) is 34.8 Å². The molecule has 2 aromatic rings. The fourth-order valence-corrected chi connectivity index (χ4v) is 3.74. The summed E-state index contributed by atoms with van der Waals surface area (Å²) in [5, 5.41) is 8.96. The van der Waals surface area contributed by atoms with Gasteiger partial charge in [0.25, 0.3) is 0 Å². The number of ether oxygens (including phenoxy) is 1. The van der Waals surface area contributed by atoms with Gasteiger partial charge in [-0.25, -0.2) is 14.6 Å². The molecule has 0 fully saturated rings. The molecular formula is C18H23N5O3S. The second kappa shape index (κ2) is 8.26. The molecule has 1 aromatic heterocycles. The lowest BCUT2D eigenvalue weighted by Gasteiger charge is -2.26. The summed E-state index contributed by atoms with van der Waals surface area (Å²) < 4.78 is 5.18. The predicted octanol–water partition coefficient (Wildman–Crippen LogP) is 3.27. The molecule has 144 valence electrons. The summed E-state index contributed by atoms with van der Waals surface area (Å²) in [7, 11) is 1.59. The second-order valence-corrected chi connectivity index (χ2v) is 7.56. The highest BCUT2D eigenvalue weighted by atomic mass is 32.1. The molecule has 0 radical (unpaired) electrons.